The third-order valence-corrected chi connectivity index (χ3v) is 5.76. The molecular formula is C23H23F6NO4. The molecule has 0 aromatic heterocycles. The van der Waals surface area contributed by atoms with E-state index in [1.54, 1.807) is 23.1 Å². The molecule has 0 radical (unpaired) electrons. The molecule has 2 aromatic carbocycles. The molecule has 0 aliphatic carbocycles. The van der Waals surface area contributed by atoms with Gasteiger partial charge in [-0.1, -0.05) is 12.1 Å². The second-order valence-electron chi connectivity index (χ2n) is 8.29. The first-order valence-electron chi connectivity index (χ1n) is 10.4. The van der Waals surface area contributed by atoms with Gasteiger partial charge in [0.2, 0.25) is 0 Å². The van der Waals surface area contributed by atoms with Crippen LogP contribution >= 0.6 is 0 Å². The molecule has 1 saturated heterocycles. The van der Waals surface area contributed by atoms with Crippen LogP contribution in [0.5, 0.6) is 5.75 Å². The largest absolute Gasteiger partial charge is 0.493 e. The molecule has 0 amide bonds. The van der Waals surface area contributed by atoms with Gasteiger partial charge in [-0.15, -0.1) is 0 Å². The molecule has 186 valence electrons. The molecule has 0 bridgehead atoms. The maximum Gasteiger partial charge on any atom is 0.416 e. The van der Waals surface area contributed by atoms with E-state index in [1.165, 1.54) is 13.0 Å². The number of aliphatic hydroxyl groups excluding tert-OH is 1. The van der Waals surface area contributed by atoms with Crippen molar-refractivity contribution in [2.75, 3.05) is 19.7 Å². The molecule has 5 nitrogen and oxygen atoms in total. The summed E-state index contributed by atoms with van der Waals surface area (Å²) in [6, 6.07) is 6.86. The summed E-state index contributed by atoms with van der Waals surface area (Å²) >= 11 is 0. The lowest BCUT2D eigenvalue weighted by atomic mass is 9.92. The van der Waals surface area contributed by atoms with Gasteiger partial charge in [-0.05, 0) is 48.4 Å². The van der Waals surface area contributed by atoms with Gasteiger partial charge >= 0.3 is 18.3 Å². The number of nitrogens with zero attached hydrogens (tertiary/aromatic N) is 1. The Kier molecular flexibility index (Phi) is 7.47. The number of aliphatic carboxylic acids is 1. The molecule has 1 fully saturated rings. The van der Waals surface area contributed by atoms with Crippen LogP contribution in [0.3, 0.4) is 0 Å². The Morgan fingerprint density at radius 2 is 1.76 bits per heavy atom. The highest BCUT2D eigenvalue weighted by molar-refractivity contribution is 5.67. The number of ether oxygens (including phenoxy) is 1. The third-order valence-electron chi connectivity index (χ3n) is 5.76. The molecule has 11 heteroatoms. The normalized spacial score (nSPS) is 17.2. The number of hydrogen-bond donors (Lipinski definition) is 2. The van der Waals surface area contributed by atoms with Crippen LogP contribution in [-0.4, -0.2) is 40.8 Å². The number of carbonyl (C=O) groups is 1. The molecular weight excluding hydrogens is 468 g/mol. The monoisotopic (exact) mass is 491 g/mol. The first-order chi connectivity index (χ1) is 15.8. The molecule has 1 aliphatic rings. The predicted molar refractivity (Wildman–Crippen MR) is 109 cm³/mol. The zero-order valence-electron chi connectivity index (χ0n) is 18.0. The van der Waals surface area contributed by atoms with Gasteiger partial charge < -0.3 is 14.9 Å². The Morgan fingerprint density at radius 1 is 1.09 bits per heavy atom. The van der Waals surface area contributed by atoms with E-state index < -0.39 is 53.6 Å². The minimum absolute atomic E-state index is 0.0600. The average Bonchev–Trinajstić information content (AvgIpc) is 2.70. The van der Waals surface area contributed by atoms with Crippen molar-refractivity contribution in [1.82, 2.24) is 4.90 Å². The van der Waals surface area contributed by atoms with Crippen LogP contribution in [0.25, 0.3) is 0 Å². The maximum atomic E-state index is 13.4. The van der Waals surface area contributed by atoms with Crippen LogP contribution in [0.4, 0.5) is 26.3 Å². The molecule has 1 heterocycles. The van der Waals surface area contributed by atoms with Crippen LogP contribution in [0.15, 0.2) is 42.5 Å². The highest BCUT2D eigenvalue weighted by Crippen LogP contribution is 2.41. The summed E-state index contributed by atoms with van der Waals surface area (Å²) in [7, 11) is 0. The van der Waals surface area contributed by atoms with E-state index in [9.17, 15) is 36.2 Å². The van der Waals surface area contributed by atoms with E-state index in [4.69, 9.17) is 9.84 Å². The molecule has 0 saturated carbocycles. The van der Waals surface area contributed by atoms with Crippen molar-refractivity contribution in [3.63, 3.8) is 0 Å². The number of rotatable bonds is 8. The highest BCUT2D eigenvalue weighted by Gasteiger charge is 2.40. The quantitative estimate of drug-likeness (QED) is 0.491. The van der Waals surface area contributed by atoms with Crippen molar-refractivity contribution in [3.8, 4) is 5.75 Å². The van der Waals surface area contributed by atoms with Crippen molar-refractivity contribution in [3.05, 3.63) is 64.7 Å². The summed E-state index contributed by atoms with van der Waals surface area (Å²) in [5.41, 5.74) is -2.29. The molecule has 1 unspecified atom stereocenters. The Balaban J connectivity index is 1.62. The van der Waals surface area contributed by atoms with Gasteiger partial charge in [0.05, 0.1) is 30.3 Å². The summed E-state index contributed by atoms with van der Waals surface area (Å²) in [5, 5.41) is 18.7. The maximum absolute atomic E-state index is 13.4. The lowest BCUT2D eigenvalue weighted by molar-refractivity contribution is -0.142. The van der Waals surface area contributed by atoms with E-state index in [-0.39, 0.29) is 12.5 Å². The van der Waals surface area contributed by atoms with Crippen LogP contribution in [0, 0.1) is 5.92 Å². The standard InChI is InChI=1S/C23H23F6NO4/c1-13(18-8-16(22(24,25)26)5-6-19(18)23(27,28)29)30-10-14(11-30)12-34-17-4-2-3-15(7-17)20(31)9-21(32)33/h2-8,13-14,20,31H,9-12H2,1H3,(H,32,33)/t13?,20-/m1/s1. The second-order valence-corrected chi connectivity index (χ2v) is 8.29. The minimum atomic E-state index is -4.78. The van der Waals surface area contributed by atoms with Crippen LogP contribution in [-0.2, 0) is 17.1 Å². The zero-order chi connectivity index (χ0) is 25.3. The van der Waals surface area contributed by atoms with Gasteiger partial charge in [-0.25, -0.2) is 0 Å². The van der Waals surface area contributed by atoms with Crippen LogP contribution in [0.2, 0.25) is 0 Å². The van der Waals surface area contributed by atoms with Crippen molar-refractivity contribution in [2.45, 2.75) is 37.8 Å². The van der Waals surface area contributed by atoms with Crippen molar-refractivity contribution >= 4 is 5.97 Å². The number of halogens is 6. The zero-order valence-corrected chi connectivity index (χ0v) is 18.0. The first-order valence-corrected chi connectivity index (χ1v) is 10.4. The van der Waals surface area contributed by atoms with Gasteiger partial charge in [0.15, 0.2) is 0 Å². The van der Waals surface area contributed by atoms with E-state index >= 15 is 0 Å². The van der Waals surface area contributed by atoms with Gasteiger partial charge in [0.25, 0.3) is 0 Å². The molecule has 2 aromatic rings. The van der Waals surface area contributed by atoms with E-state index in [0.717, 1.165) is 0 Å². The van der Waals surface area contributed by atoms with E-state index in [1.807, 2.05) is 0 Å². The third kappa shape index (κ3) is 6.20. The summed E-state index contributed by atoms with van der Waals surface area (Å²) in [5.74, 6) is -0.821. The summed E-state index contributed by atoms with van der Waals surface area (Å²) in [6.07, 6.45) is -11.2. The fourth-order valence-corrected chi connectivity index (χ4v) is 3.88. The average molecular weight is 491 g/mol. The van der Waals surface area contributed by atoms with E-state index in [2.05, 4.69) is 0 Å². The highest BCUT2D eigenvalue weighted by atomic mass is 19.4. The number of benzene rings is 2. The van der Waals surface area contributed by atoms with E-state index in [0.29, 0.717) is 42.6 Å². The molecule has 3 rings (SSSR count). The number of carboxylic acid groups (broad SMARTS) is 1. The summed E-state index contributed by atoms with van der Waals surface area (Å²) in [6.45, 7) is 2.30. The number of aliphatic hydroxyl groups is 1. The Morgan fingerprint density at radius 3 is 2.35 bits per heavy atom. The Hall–Kier alpha value is -2.79. The van der Waals surface area contributed by atoms with Crippen molar-refractivity contribution < 1.29 is 46.1 Å². The van der Waals surface area contributed by atoms with Crippen molar-refractivity contribution in [2.24, 2.45) is 5.92 Å². The van der Waals surface area contributed by atoms with Gasteiger partial charge in [-0.3, -0.25) is 9.69 Å². The predicted octanol–water partition coefficient (Wildman–Crippen LogP) is 5.30. The molecule has 34 heavy (non-hydrogen) atoms. The number of alkyl halides is 6. The molecule has 2 atom stereocenters. The molecule has 0 spiro atoms. The summed E-state index contributed by atoms with van der Waals surface area (Å²) in [4.78, 5) is 12.4. The van der Waals surface area contributed by atoms with Crippen molar-refractivity contribution in [1.29, 1.82) is 0 Å². The molecule has 2 N–H and O–H groups in total. The number of likely N-dealkylation sites (tertiary alicyclic amines) is 1. The SMILES string of the molecule is CC(c1cc(C(F)(F)F)ccc1C(F)(F)F)N1CC(COc2cccc([C@H](O)CC(=O)O)c2)C1. The van der Waals surface area contributed by atoms with Gasteiger partial charge in [0.1, 0.15) is 5.75 Å². The van der Waals surface area contributed by atoms with Gasteiger partial charge in [0, 0.05) is 25.0 Å². The smallest absolute Gasteiger partial charge is 0.416 e. The molecule has 1 aliphatic heterocycles. The summed E-state index contributed by atoms with van der Waals surface area (Å²) < 4.78 is 85.1. The van der Waals surface area contributed by atoms with Crippen LogP contribution < -0.4 is 4.74 Å². The Bertz CT molecular complexity index is 1020. The second kappa shape index (κ2) is 9.83. The van der Waals surface area contributed by atoms with Crippen LogP contribution in [0.1, 0.15) is 47.7 Å². The first kappa shape index (κ1) is 25.8. The topological polar surface area (TPSA) is 70.0 Å². The fraction of sp³-hybridized carbons (Fsp3) is 0.435. The Labute approximate surface area is 191 Å². The number of hydrogen-bond acceptors (Lipinski definition) is 4. The lowest BCUT2D eigenvalue weighted by Gasteiger charge is -2.43. The number of carboxylic acids is 1. The minimum Gasteiger partial charge on any atom is -0.493 e. The fourth-order valence-electron chi connectivity index (χ4n) is 3.88. The lowest BCUT2D eigenvalue weighted by Crippen LogP contribution is -2.50. The van der Waals surface area contributed by atoms with Gasteiger partial charge in [-0.2, -0.15) is 26.3 Å².